The van der Waals surface area contributed by atoms with Gasteiger partial charge in [0.2, 0.25) is 6.79 Å². The van der Waals surface area contributed by atoms with Gasteiger partial charge in [-0.1, -0.05) is 6.07 Å². The first kappa shape index (κ1) is 10.3. The molecule has 0 fully saturated rings. The lowest BCUT2D eigenvalue weighted by molar-refractivity contribution is -0.0651. The summed E-state index contributed by atoms with van der Waals surface area (Å²) in [6.45, 7) is 0.993. The van der Waals surface area contributed by atoms with Crippen molar-refractivity contribution in [3.63, 3.8) is 0 Å². The summed E-state index contributed by atoms with van der Waals surface area (Å²) in [7, 11) is 1.65. The third-order valence-electron chi connectivity index (χ3n) is 2.38. The van der Waals surface area contributed by atoms with E-state index < -0.39 is 0 Å². The zero-order valence-corrected chi connectivity index (χ0v) is 8.77. The predicted octanol–water partition coefficient (Wildman–Crippen LogP) is 1.67. The van der Waals surface area contributed by atoms with Crippen molar-refractivity contribution in [1.82, 2.24) is 5.06 Å². The lowest BCUT2D eigenvalue weighted by atomic mass is 10.1. The largest absolute Gasteiger partial charge is 0.454 e. The highest BCUT2D eigenvalue weighted by molar-refractivity contribution is 5.44. The van der Waals surface area contributed by atoms with Crippen LogP contribution in [0.2, 0.25) is 0 Å². The van der Waals surface area contributed by atoms with Crippen molar-refractivity contribution in [2.45, 2.75) is 12.8 Å². The normalized spacial score (nSPS) is 13.5. The minimum absolute atomic E-state index is 0.318. The third kappa shape index (κ3) is 2.61. The van der Waals surface area contributed by atoms with Crippen LogP contribution in [0.4, 0.5) is 0 Å². The summed E-state index contributed by atoms with van der Waals surface area (Å²) in [4.78, 5) is 0. The van der Waals surface area contributed by atoms with Crippen LogP contribution < -0.4 is 9.47 Å². The Morgan fingerprint density at radius 2 is 2.13 bits per heavy atom. The average Bonchev–Trinajstić information content (AvgIpc) is 2.64. The predicted molar refractivity (Wildman–Crippen MR) is 55.3 cm³/mol. The second-order valence-electron chi connectivity index (χ2n) is 3.67. The number of nitrogens with zero attached hydrogens (tertiary/aromatic N) is 1. The molecule has 82 valence electrons. The number of hydroxylamine groups is 2. The van der Waals surface area contributed by atoms with Crippen molar-refractivity contribution in [1.29, 1.82) is 0 Å². The van der Waals surface area contributed by atoms with Crippen LogP contribution in [0.1, 0.15) is 12.0 Å². The van der Waals surface area contributed by atoms with E-state index in [1.165, 1.54) is 10.6 Å². The standard InChI is InChI=1S/C11H15NO3/c1-12(13)6-2-3-9-4-5-10-11(7-9)15-8-14-10/h4-5,7,13H,2-3,6,8H2,1H3. The van der Waals surface area contributed by atoms with Gasteiger partial charge in [0.05, 0.1) is 0 Å². The number of fused-ring (bicyclic) bond motifs is 1. The van der Waals surface area contributed by atoms with E-state index in [-0.39, 0.29) is 0 Å². The summed E-state index contributed by atoms with van der Waals surface area (Å²) in [5.41, 5.74) is 1.21. The Labute approximate surface area is 89.0 Å². The first-order valence-corrected chi connectivity index (χ1v) is 5.04. The fourth-order valence-electron chi connectivity index (χ4n) is 1.61. The molecular formula is C11H15NO3. The minimum Gasteiger partial charge on any atom is -0.454 e. The Bertz CT molecular complexity index is 339. The summed E-state index contributed by atoms with van der Waals surface area (Å²) >= 11 is 0. The van der Waals surface area contributed by atoms with Gasteiger partial charge in [0.15, 0.2) is 11.5 Å². The molecule has 1 aromatic carbocycles. The lowest BCUT2D eigenvalue weighted by Crippen LogP contribution is -2.14. The number of benzene rings is 1. The van der Waals surface area contributed by atoms with E-state index in [2.05, 4.69) is 0 Å². The molecule has 0 aromatic heterocycles. The molecule has 1 aromatic rings. The molecule has 4 nitrogen and oxygen atoms in total. The van der Waals surface area contributed by atoms with Gasteiger partial charge < -0.3 is 14.7 Å². The monoisotopic (exact) mass is 209 g/mol. The fourth-order valence-corrected chi connectivity index (χ4v) is 1.61. The number of hydrogen-bond acceptors (Lipinski definition) is 4. The third-order valence-corrected chi connectivity index (χ3v) is 2.38. The topological polar surface area (TPSA) is 41.9 Å². The molecule has 0 unspecified atom stereocenters. The Morgan fingerprint density at radius 1 is 1.33 bits per heavy atom. The maximum Gasteiger partial charge on any atom is 0.231 e. The summed E-state index contributed by atoms with van der Waals surface area (Å²) in [6, 6.07) is 5.96. The SMILES string of the molecule is CN(O)CCCc1ccc2c(c1)OCO2. The van der Waals surface area contributed by atoms with Crippen molar-refractivity contribution >= 4 is 0 Å². The van der Waals surface area contributed by atoms with Crippen LogP contribution in [-0.4, -0.2) is 30.7 Å². The molecule has 2 rings (SSSR count). The lowest BCUT2D eigenvalue weighted by Gasteiger charge is -2.07. The van der Waals surface area contributed by atoms with Gasteiger partial charge in [-0.2, -0.15) is 5.06 Å². The van der Waals surface area contributed by atoms with Gasteiger partial charge in [-0.25, -0.2) is 0 Å². The highest BCUT2D eigenvalue weighted by Gasteiger charge is 2.12. The summed E-state index contributed by atoms with van der Waals surface area (Å²) in [5, 5.41) is 10.2. The van der Waals surface area contributed by atoms with Crippen LogP contribution in [0.5, 0.6) is 11.5 Å². The van der Waals surface area contributed by atoms with E-state index in [9.17, 15) is 0 Å². The minimum atomic E-state index is 0.318. The molecular weight excluding hydrogens is 194 g/mol. The van der Waals surface area contributed by atoms with Crippen molar-refractivity contribution in [2.24, 2.45) is 0 Å². The quantitative estimate of drug-likeness (QED) is 0.766. The van der Waals surface area contributed by atoms with Crippen molar-refractivity contribution in [3.05, 3.63) is 23.8 Å². The van der Waals surface area contributed by atoms with Gasteiger partial charge in [0.1, 0.15) is 0 Å². The highest BCUT2D eigenvalue weighted by atomic mass is 16.7. The van der Waals surface area contributed by atoms with Gasteiger partial charge in [-0.3, -0.25) is 0 Å². The smallest absolute Gasteiger partial charge is 0.231 e. The maximum absolute atomic E-state index is 8.97. The van der Waals surface area contributed by atoms with Gasteiger partial charge in [0.25, 0.3) is 0 Å². The number of ether oxygens (including phenoxy) is 2. The molecule has 1 N–H and O–H groups in total. The molecule has 0 aliphatic carbocycles. The van der Waals surface area contributed by atoms with E-state index >= 15 is 0 Å². The van der Waals surface area contributed by atoms with Crippen LogP contribution in [0.15, 0.2) is 18.2 Å². The maximum atomic E-state index is 8.97. The molecule has 1 aliphatic heterocycles. The Kier molecular flexibility index (Phi) is 3.08. The van der Waals surface area contributed by atoms with Gasteiger partial charge >= 0.3 is 0 Å². The van der Waals surface area contributed by atoms with Crippen molar-refractivity contribution < 1.29 is 14.7 Å². The molecule has 4 heteroatoms. The van der Waals surface area contributed by atoms with Crippen LogP contribution >= 0.6 is 0 Å². The Hall–Kier alpha value is -1.26. The van der Waals surface area contributed by atoms with Gasteiger partial charge in [-0.15, -0.1) is 0 Å². The van der Waals surface area contributed by atoms with Crippen LogP contribution in [0.3, 0.4) is 0 Å². The van der Waals surface area contributed by atoms with Crippen molar-refractivity contribution in [3.8, 4) is 11.5 Å². The van der Waals surface area contributed by atoms with E-state index in [1.54, 1.807) is 7.05 Å². The second kappa shape index (κ2) is 4.51. The van der Waals surface area contributed by atoms with E-state index in [0.717, 1.165) is 24.3 Å². The second-order valence-corrected chi connectivity index (χ2v) is 3.67. The molecule has 0 spiro atoms. The van der Waals surface area contributed by atoms with Crippen LogP contribution in [0.25, 0.3) is 0 Å². The van der Waals surface area contributed by atoms with Crippen LogP contribution in [0, 0.1) is 0 Å². The number of rotatable bonds is 4. The molecule has 0 saturated heterocycles. The first-order valence-electron chi connectivity index (χ1n) is 5.04. The number of hydrogen-bond donors (Lipinski definition) is 1. The summed E-state index contributed by atoms with van der Waals surface area (Å²) < 4.78 is 10.5. The molecule has 1 heterocycles. The summed E-state index contributed by atoms with van der Waals surface area (Å²) in [5.74, 6) is 1.64. The van der Waals surface area contributed by atoms with E-state index in [4.69, 9.17) is 14.7 Å². The van der Waals surface area contributed by atoms with Gasteiger partial charge in [0, 0.05) is 13.6 Å². The van der Waals surface area contributed by atoms with E-state index in [0.29, 0.717) is 13.3 Å². The molecule has 0 saturated carbocycles. The van der Waals surface area contributed by atoms with E-state index in [1.807, 2.05) is 18.2 Å². The van der Waals surface area contributed by atoms with Gasteiger partial charge in [-0.05, 0) is 30.5 Å². The zero-order chi connectivity index (χ0) is 10.7. The number of aryl methyl sites for hydroxylation is 1. The van der Waals surface area contributed by atoms with Crippen LogP contribution in [-0.2, 0) is 6.42 Å². The molecule has 0 amide bonds. The molecule has 0 bridgehead atoms. The molecule has 15 heavy (non-hydrogen) atoms. The zero-order valence-electron chi connectivity index (χ0n) is 8.77. The van der Waals surface area contributed by atoms with Crippen molar-refractivity contribution in [2.75, 3.05) is 20.4 Å². The molecule has 0 radical (unpaired) electrons. The molecule has 1 aliphatic rings. The Balaban J connectivity index is 1.92. The summed E-state index contributed by atoms with van der Waals surface area (Å²) in [6.07, 6.45) is 1.86. The average molecular weight is 209 g/mol. The molecule has 0 atom stereocenters. The first-order chi connectivity index (χ1) is 7.25. The Morgan fingerprint density at radius 3 is 2.93 bits per heavy atom. The fraction of sp³-hybridized carbons (Fsp3) is 0.455. The highest BCUT2D eigenvalue weighted by Crippen LogP contribution is 2.32.